The summed E-state index contributed by atoms with van der Waals surface area (Å²) >= 11 is 0. The molecule has 2 rings (SSSR count). The Morgan fingerprint density at radius 2 is 1.79 bits per heavy atom. The standard InChI is InChI=1S/C21H27F2N3O2/c1-21(2,16-8-6-5-7-9-16)14-26-20(24-3)25-13-15-10-11-17(27-4)18(12-15)28-19(22)23/h5-12,19H,13-14H2,1-4H3,(H2,24,25,26). The minimum Gasteiger partial charge on any atom is -0.493 e. The van der Waals surface area contributed by atoms with E-state index in [9.17, 15) is 8.78 Å². The number of halogens is 2. The van der Waals surface area contributed by atoms with Crippen LogP contribution in [0.4, 0.5) is 8.78 Å². The van der Waals surface area contributed by atoms with Crippen LogP contribution in [0.25, 0.3) is 0 Å². The van der Waals surface area contributed by atoms with Crippen LogP contribution in [0.5, 0.6) is 11.5 Å². The second kappa shape index (κ2) is 9.92. The van der Waals surface area contributed by atoms with Gasteiger partial charge in [0.15, 0.2) is 17.5 Å². The molecule has 28 heavy (non-hydrogen) atoms. The number of methoxy groups -OCH3 is 1. The summed E-state index contributed by atoms with van der Waals surface area (Å²) in [5, 5.41) is 6.49. The Bertz CT molecular complexity index is 780. The van der Waals surface area contributed by atoms with Crippen LogP contribution in [0.3, 0.4) is 0 Å². The zero-order valence-corrected chi connectivity index (χ0v) is 16.6. The first-order valence-electron chi connectivity index (χ1n) is 8.97. The summed E-state index contributed by atoms with van der Waals surface area (Å²) in [4.78, 5) is 4.22. The van der Waals surface area contributed by atoms with E-state index in [0.29, 0.717) is 19.0 Å². The van der Waals surface area contributed by atoms with Gasteiger partial charge in [-0.3, -0.25) is 4.99 Å². The molecule has 0 aliphatic rings. The van der Waals surface area contributed by atoms with Crippen molar-refractivity contribution in [2.45, 2.75) is 32.4 Å². The van der Waals surface area contributed by atoms with Gasteiger partial charge in [-0.05, 0) is 23.3 Å². The molecule has 0 fully saturated rings. The molecule has 152 valence electrons. The van der Waals surface area contributed by atoms with Gasteiger partial charge in [0.1, 0.15) is 0 Å². The molecule has 2 N–H and O–H groups in total. The molecule has 0 amide bonds. The normalized spacial score (nSPS) is 12.0. The molecule has 2 aromatic carbocycles. The third-order valence-corrected chi connectivity index (χ3v) is 4.38. The van der Waals surface area contributed by atoms with Gasteiger partial charge in [0, 0.05) is 25.6 Å². The molecule has 0 aromatic heterocycles. The average molecular weight is 391 g/mol. The number of guanidine groups is 1. The van der Waals surface area contributed by atoms with Gasteiger partial charge >= 0.3 is 6.61 Å². The van der Waals surface area contributed by atoms with Crippen molar-refractivity contribution < 1.29 is 18.3 Å². The highest BCUT2D eigenvalue weighted by molar-refractivity contribution is 5.79. The van der Waals surface area contributed by atoms with E-state index in [1.54, 1.807) is 19.2 Å². The number of rotatable bonds is 8. The second-order valence-electron chi connectivity index (χ2n) is 6.89. The van der Waals surface area contributed by atoms with Gasteiger partial charge in [0.05, 0.1) is 7.11 Å². The maximum Gasteiger partial charge on any atom is 0.387 e. The Morgan fingerprint density at radius 1 is 1.07 bits per heavy atom. The summed E-state index contributed by atoms with van der Waals surface area (Å²) in [5.41, 5.74) is 1.90. The molecule has 0 atom stereocenters. The summed E-state index contributed by atoms with van der Waals surface area (Å²) in [7, 11) is 3.09. The van der Waals surface area contributed by atoms with Gasteiger partial charge in [0.2, 0.25) is 0 Å². The van der Waals surface area contributed by atoms with Gasteiger partial charge in [-0.15, -0.1) is 0 Å². The molecule has 0 spiro atoms. The lowest BCUT2D eigenvalue weighted by Gasteiger charge is -2.26. The third kappa shape index (κ3) is 6.11. The first kappa shape index (κ1) is 21.5. The van der Waals surface area contributed by atoms with Crippen molar-refractivity contribution in [2.75, 3.05) is 20.7 Å². The summed E-state index contributed by atoms with van der Waals surface area (Å²) in [6.45, 7) is 2.47. The molecule has 0 unspecified atom stereocenters. The van der Waals surface area contributed by atoms with Gasteiger partial charge in [-0.2, -0.15) is 8.78 Å². The van der Waals surface area contributed by atoms with Gasteiger partial charge in [0.25, 0.3) is 0 Å². The van der Waals surface area contributed by atoms with E-state index in [2.05, 4.69) is 46.3 Å². The van der Waals surface area contributed by atoms with Crippen LogP contribution < -0.4 is 20.1 Å². The first-order chi connectivity index (χ1) is 13.4. The van der Waals surface area contributed by atoms with E-state index in [4.69, 9.17) is 4.74 Å². The van der Waals surface area contributed by atoms with Crippen LogP contribution in [-0.2, 0) is 12.0 Å². The van der Waals surface area contributed by atoms with Crippen molar-refractivity contribution >= 4 is 5.96 Å². The van der Waals surface area contributed by atoms with E-state index in [1.165, 1.54) is 18.7 Å². The Labute approximate surface area is 164 Å². The lowest BCUT2D eigenvalue weighted by Crippen LogP contribution is -2.43. The quantitative estimate of drug-likeness (QED) is 0.529. The van der Waals surface area contributed by atoms with Crippen LogP contribution in [-0.4, -0.2) is 33.3 Å². The first-order valence-corrected chi connectivity index (χ1v) is 8.97. The molecule has 5 nitrogen and oxygen atoms in total. The van der Waals surface area contributed by atoms with Crippen molar-refractivity contribution in [3.63, 3.8) is 0 Å². The summed E-state index contributed by atoms with van der Waals surface area (Å²) in [6.07, 6.45) is 0. The third-order valence-electron chi connectivity index (χ3n) is 4.38. The number of nitrogens with one attached hydrogen (secondary N) is 2. The van der Waals surface area contributed by atoms with Gasteiger partial charge < -0.3 is 20.1 Å². The van der Waals surface area contributed by atoms with Crippen molar-refractivity contribution in [3.8, 4) is 11.5 Å². The molecule has 2 aromatic rings. The van der Waals surface area contributed by atoms with E-state index in [1.807, 2.05) is 18.2 Å². The van der Waals surface area contributed by atoms with Crippen LogP contribution in [0.15, 0.2) is 53.5 Å². The fourth-order valence-corrected chi connectivity index (χ4v) is 2.72. The van der Waals surface area contributed by atoms with Crippen LogP contribution in [0.1, 0.15) is 25.0 Å². The molecule has 0 radical (unpaired) electrons. The number of nitrogens with zero attached hydrogens (tertiary/aromatic N) is 1. The van der Waals surface area contributed by atoms with Crippen molar-refractivity contribution in [3.05, 3.63) is 59.7 Å². The van der Waals surface area contributed by atoms with Gasteiger partial charge in [-0.25, -0.2) is 0 Å². The van der Waals surface area contributed by atoms with Gasteiger partial charge in [-0.1, -0.05) is 50.2 Å². The minimum absolute atomic E-state index is 0.00459. The SMILES string of the molecule is CN=C(NCc1ccc(OC)c(OC(F)F)c1)NCC(C)(C)c1ccccc1. The second-order valence-corrected chi connectivity index (χ2v) is 6.89. The van der Waals surface area contributed by atoms with Crippen molar-refractivity contribution in [1.82, 2.24) is 10.6 Å². The van der Waals surface area contributed by atoms with Crippen molar-refractivity contribution in [1.29, 1.82) is 0 Å². The Hall–Kier alpha value is -2.83. The average Bonchev–Trinajstić information content (AvgIpc) is 2.68. The summed E-state index contributed by atoms with van der Waals surface area (Å²) in [6, 6.07) is 15.1. The van der Waals surface area contributed by atoms with Crippen LogP contribution >= 0.6 is 0 Å². The molecule has 0 bridgehead atoms. The van der Waals surface area contributed by atoms with E-state index in [0.717, 1.165) is 5.56 Å². The highest BCUT2D eigenvalue weighted by Gasteiger charge is 2.20. The minimum atomic E-state index is -2.91. The molecule has 0 aliphatic heterocycles. The number of hydrogen-bond donors (Lipinski definition) is 2. The molecule has 7 heteroatoms. The smallest absolute Gasteiger partial charge is 0.387 e. The highest BCUT2D eigenvalue weighted by atomic mass is 19.3. The van der Waals surface area contributed by atoms with E-state index >= 15 is 0 Å². The zero-order valence-electron chi connectivity index (χ0n) is 16.6. The molecule has 0 heterocycles. The predicted molar refractivity (Wildman–Crippen MR) is 107 cm³/mol. The maximum absolute atomic E-state index is 12.6. The number of hydrogen-bond acceptors (Lipinski definition) is 3. The highest BCUT2D eigenvalue weighted by Crippen LogP contribution is 2.29. The van der Waals surface area contributed by atoms with E-state index in [-0.39, 0.29) is 16.9 Å². The molecular weight excluding hydrogens is 364 g/mol. The number of ether oxygens (including phenoxy) is 2. The maximum atomic E-state index is 12.6. The number of benzene rings is 2. The number of aliphatic imine (C=N–C) groups is 1. The number of alkyl halides is 2. The Morgan fingerprint density at radius 3 is 2.39 bits per heavy atom. The zero-order chi connectivity index (χ0) is 20.6. The summed E-state index contributed by atoms with van der Waals surface area (Å²) < 4.78 is 34.7. The molecule has 0 saturated heterocycles. The topological polar surface area (TPSA) is 54.9 Å². The van der Waals surface area contributed by atoms with Crippen LogP contribution in [0, 0.1) is 0 Å². The fraction of sp³-hybridized carbons (Fsp3) is 0.381. The largest absolute Gasteiger partial charge is 0.493 e. The monoisotopic (exact) mass is 391 g/mol. The van der Waals surface area contributed by atoms with Crippen molar-refractivity contribution in [2.24, 2.45) is 4.99 Å². The lowest BCUT2D eigenvalue weighted by atomic mass is 9.85. The lowest BCUT2D eigenvalue weighted by molar-refractivity contribution is -0.0512. The molecule has 0 saturated carbocycles. The molecule has 0 aliphatic carbocycles. The Kier molecular flexibility index (Phi) is 7.61. The van der Waals surface area contributed by atoms with Crippen LogP contribution in [0.2, 0.25) is 0 Å². The van der Waals surface area contributed by atoms with E-state index < -0.39 is 6.61 Å². The predicted octanol–water partition coefficient (Wildman–Crippen LogP) is 3.94. The Balaban J connectivity index is 1.97. The molecular formula is C21H27F2N3O2. The summed E-state index contributed by atoms with van der Waals surface area (Å²) in [5.74, 6) is 0.886. The fourth-order valence-electron chi connectivity index (χ4n) is 2.72.